The highest BCUT2D eigenvalue weighted by Crippen LogP contribution is 2.26. The number of carbonyl (C=O) groups excluding carboxylic acids is 4. The average molecular weight is 378 g/mol. The molecule has 1 aliphatic carbocycles. The Kier molecular flexibility index (Phi) is 7.34. The number of rotatable bonds is 7. The SMILES string of the molecule is COC(=O)CCC(=O)OC1CCC(OC(=O)c2ccc(C(=O)OC)cc2)C1. The minimum atomic E-state index is -0.505. The van der Waals surface area contributed by atoms with E-state index in [4.69, 9.17) is 9.47 Å². The van der Waals surface area contributed by atoms with Crippen molar-refractivity contribution in [3.63, 3.8) is 0 Å². The molecule has 2 atom stereocenters. The van der Waals surface area contributed by atoms with Crippen molar-refractivity contribution in [2.45, 2.75) is 44.3 Å². The van der Waals surface area contributed by atoms with Gasteiger partial charge in [-0.1, -0.05) is 0 Å². The van der Waals surface area contributed by atoms with E-state index in [1.54, 1.807) is 0 Å². The Morgan fingerprint density at radius 3 is 1.85 bits per heavy atom. The van der Waals surface area contributed by atoms with Crippen LogP contribution in [0.3, 0.4) is 0 Å². The summed E-state index contributed by atoms with van der Waals surface area (Å²) in [5.41, 5.74) is 0.662. The molecule has 1 aromatic rings. The quantitative estimate of drug-likeness (QED) is 0.524. The molecule has 1 aliphatic rings. The molecular weight excluding hydrogens is 356 g/mol. The lowest BCUT2D eigenvalue weighted by molar-refractivity contribution is -0.152. The van der Waals surface area contributed by atoms with Gasteiger partial charge in [-0.25, -0.2) is 9.59 Å². The van der Waals surface area contributed by atoms with Gasteiger partial charge in [0.2, 0.25) is 0 Å². The third-order valence-electron chi connectivity index (χ3n) is 4.21. The lowest BCUT2D eigenvalue weighted by Crippen LogP contribution is -2.20. The van der Waals surface area contributed by atoms with E-state index in [0.29, 0.717) is 30.4 Å². The summed E-state index contributed by atoms with van der Waals surface area (Å²) in [7, 11) is 2.54. The van der Waals surface area contributed by atoms with Crippen LogP contribution in [0, 0.1) is 0 Å². The van der Waals surface area contributed by atoms with Crippen LogP contribution in [-0.4, -0.2) is 50.3 Å². The van der Waals surface area contributed by atoms with Crippen molar-refractivity contribution in [1.29, 1.82) is 0 Å². The van der Waals surface area contributed by atoms with Crippen LogP contribution in [0.25, 0.3) is 0 Å². The number of esters is 4. The topological polar surface area (TPSA) is 105 Å². The van der Waals surface area contributed by atoms with Gasteiger partial charge in [-0.05, 0) is 37.1 Å². The molecule has 0 aromatic heterocycles. The van der Waals surface area contributed by atoms with Gasteiger partial charge in [0, 0.05) is 6.42 Å². The Bertz CT molecular complexity index is 694. The van der Waals surface area contributed by atoms with Crippen LogP contribution in [0.1, 0.15) is 52.8 Å². The van der Waals surface area contributed by atoms with Crippen LogP contribution < -0.4 is 0 Å². The van der Waals surface area contributed by atoms with Crippen molar-refractivity contribution >= 4 is 23.9 Å². The molecule has 0 amide bonds. The molecular formula is C19H22O8. The molecule has 0 spiro atoms. The van der Waals surface area contributed by atoms with Gasteiger partial charge in [0.1, 0.15) is 12.2 Å². The van der Waals surface area contributed by atoms with E-state index < -0.39 is 23.9 Å². The normalized spacial score (nSPS) is 18.4. The second-order valence-electron chi connectivity index (χ2n) is 6.10. The predicted molar refractivity (Wildman–Crippen MR) is 92.0 cm³/mol. The van der Waals surface area contributed by atoms with Crippen molar-refractivity contribution in [2.75, 3.05) is 14.2 Å². The molecule has 0 N–H and O–H groups in total. The van der Waals surface area contributed by atoms with Gasteiger partial charge in [0.15, 0.2) is 0 Å². The predicted octanol–water partition coefficient (Wildman–Crippen LogP) is 2.05. The summed E-state index contributed by atoms with van der Waals surface area (Å²) in [5, 5.41) is 0. The Balaban J connectivity index is 1.78. The van der Waals surface area contributed by atoms with E-state index in [1.165, 1.54) is 38.5 Å². The van der Waals surface area contributed by atoms with Crippen LogP contribution in [0.15, 0.2) is 24.3 Å². The summed E-state index contributed by atoms with van der Waals surface area (Å²) in [4.78, 5) is 46.3. The summed E-state index contributed by atoms with van der Waals surface area (Å²) >= 11 is 0. The average Bonchev–Trinajstić information content (AvgIpc) is 3.12. The molecule has 0 saturated heterocycles. The zero-order valence-corrected chi connectivity index (χ0v) is 15.3. The van der Waals surface area contributed by atoms with Crippen LogP contribution in [0.5, 0.6) is 0 Å². The minimum Gasteiger partial charge on any atom is -0.469 e. The first kappa shape index (κ1) is 20.4. The number of methoxy groups -OCH3 is 2. The minimum absolute atomic E-state index is 0.0258. The number of carbonyl (C=O) groups is 4. The molecule has 27 heavy (non-hydrogen) atoms. The third-order valence-corrected chi connectivity index (χ3v) is 4.21. The van der Waals surface area contributed by atoms with Crippen molar-refractivity contribution in [1.82, 2.24) is 0 Å². The Morgan fingerprint density at radius 2 is 1.30 bits per heavy atom. The molecule has 2 rings (SSSR count). The monoisotopic (exact) mass is 378 g/mol. The second kappa shape index (κ2) is 9.70. The van der Waals surface area contributed by atoms with Gasteiger partial charge in [0.05, 0.1) is 38.2 Å². The zero-order valence-electron chi connectivity index (χ0n) is 15.3. The van der Waals surface area contributed by atoms with E-state index in [9.17, 15) is 19.2 Å². The molecule has 2 unspecified atom stereocenters. The molecule has 146 valence electrons. The Morgan fingerprint density at radius 1 is 0.778 bits per heavy atom. The van der Waals surface area contributed by atoms with Crippen molar-refractivity contribution in [3.8, 4) is 0 Å². The fourth-order valence-electron chi connectivity index (χ4n) is 2.75. The Hall–Kier alpha value is -2.90. The number of benzene rings is 1. The molecule has 0 bridgehead atoms. The molecule has 8 nitrogen and oxygen atoms in total. The van der Waals surface area contributed by atoms with E-state index in [-0.39, 0.29) is 25.0 Å². The maximum Gasteiger partial charge on any atom is 0.338 e. The van der Waals surface area contributed by atoms with Crippen molar-refractivity contribution in [2.24, 2.45) is 0 Å². The Labute approximate surface area is 156 Å². The fourth-order valence-corrected chi connectivity index (χ4v) is 2.75. The van der Waals surface area contributed by atoms with E-state index in [1.807, 2.05) is 0 Å². The highest BCUT2D eigenvalue weighted by molar-refractivity contribution is 5.93. The molecule has 0 radical (unpaired) electrons. The summed E-state index contributed by atoms with van der Waals surface area (Å²) in [5.74, 6) is -1.93. The maximum atomic E-state index is 12.2. The van der Waals surface area contributed by atoms with Crippen LogP contribution in [0.2, 0.25) is 0 Å². The van der Waals surface area contributed by atoms with Crippen molar-refractivity contribution < 1.29 is 38.1 Å². The van der Waals surface area contributed by atoms with Gasteiger partial charge < -0.3 is 18.9 Å². The third kappa shape index (κ3) is 6.09. The zero-order chi connectivity index (χ0) is 19.8. The lowest BCUT2D eigenvalue weighted by atomic mass is 10.1. The van der Waals surface area contributed by atoms with E-state index >= 15 is 0 Å². The smallest absolute Gasteiger partial charge is 0.338 e. The summed E-state index contributed by atoms with van der Waals surface area (Å²) < 4.78 is 19.8. The molecule has 0 heterocycles. The van der Waals surface area contributed by atoms with E-state index in [0.717, 1.165) is 0 Å². The number of hydrogen-bond donors (Lipinski definition) is 0. The van der Waals surface area contributed by atoms with Gasteiger partial charge in [-0.2, -0.15) is 0 Å². The highest BCUT2D eigenvalue weighted by Gasteiger charge is 2.30. The largest absolute Gasteiger partial charge is 0.469 e. The van der Waals surface area contributed by atoms with Gasteiger partial charge in [0.25, 0.3) is 0 Å². The molecule has 1 aromatic carbocycles. The molecule has 8 heteroatoms. The fraction of sp³-hybridized carbons (Fsp3) is 0.474. The second-order valence-corrected chi connectivity index (χ2v) is 6.10. The van der Waals surface area contributed by atoms with Crippen LogP contribution in [-0.2, 0) is 28.5 Å². The number of hydrogen-bond acceptors (Lipinski definition) is 8. The van der Waals surface area contributed by atoms with Crippen molar-refractivity contribution in [3.05, 3.63) is 35.4 Å². The molecule has 0 aliphatic heterocycles. The van der Waals surface area contributed by atoms with E-state index in [2.05, 4.69) is 9.47 Å². The van der Waals surface area contributed by atoms with Gasteiger partial charge in [-0.15, -0.1) is 0 Å². The first-order valence-corrected chi connectivity index (χ1v) is 8.58. The van der Waals surface area contributed by atoms with Crippen LogP contribution in [0.4, 0.5) is 0 Å². The summed E-state index contributed by atoms with van der Waals surface area (Å²) in [6.07, 6.45) is 0.827. The standard InChI is InChI=1S/C19H22O8/c1-24-16(20)9-10-17(21)26-14-7-8-15(11-14)27-19(23)13-5-3-12(4-6-13)18(22)25-2/h3-6,14-15H,7-11H2,1-2H3. The van der Waals surface area contributed by atoms with Crippen LogP contribution >= 0.6 is 0 Å². The number of ether oxygens (including phenoxy) is 4. The van der Waals surface area contributed by atoms with Gasteiger partial charge >= 0.3 is 23.9 Å². The summed E-state index contributed by atoms with van der Waals surface area (Å²) in [6.45, 7) is 0. The molecule has 1 fully saturated rings. The lowest BCUT2D eigenvalue weighted by Gasteiger charge is -2.14. The maximum absolute atomic E-state index is 12.2. The first-order valence-electron chi connectivity index (χ1n) is 8.58. The molecule has 1 saturated carbocycles. The summed E-state index contributed by atoms with van der Waals surface area (Å²) in [6, 6.07) is 5.97. The highest BCUT2D eigenvalue weighted by atomic mass is 16.6. The first-order chi connectivity index (χ1) is 12.9. The van der Waals surface area contributed by atoms with Gasteiger partial charge in [-0.3, -0.25) is 9.59 Å².